The molecular formula is C13H16N2O2. The molecule has 1 fully saturated rings. The van der Waals surface area contributed by atoms with Gasteiger partial charge in [-0.2, -0.15) is 0 Å². The number of hydrogen-bond acceptors (Lipinski definition) is 2. The van der Waals surface area contributed by atoms with E-state index in [4.69, 9.17) is 0 Å². The van der Waals surface area contributed by atoms with Crippen molar-refractivity contribution in [2.75, 3.05) is 0 Å². The molecule has 0 bridgehead atoms. The molecule has 1 heterocycles. The number of rotatable bonds is 2. The fraction of sp³-hybridized carbons (Fsp3) is 0.385. The van der Waals surface area contributed by atoms with Gasteiger partial charge in [-0.1, -0.05) is 38.1 Å². The van der Waals surface area contributed by atoms with Crippen molar-refractivity contribution >= 4 is 11.9 Å². The third-order valence-corrected chi connectivity index (χ3v) is 3.20. The number of carbonyl (C=O) groups is 2. The molecule has 1 saturated heterocycles. The molecule has 0 aromatic heterocycles. The molecule has 1 aliphatic rings. The first kappa shape index (κ1) is 11.6. The third kappa shape index (κ3) is 1.90. The summed E-state index contributed by atoms with van der Waals surface area (Å²) in [6.07, 6.45) is 0. The molecule has 1 aromatic rings. The Hall–Kier alpha value is -1.84. The summed E-state index contributed by atoms with van der Waals surface area (Å²) in [5, 5.41) is 4.90. The van der Waals surface area contributed by atoms with Crippen molar-refractivity contribution in [3.63, 3.8) is 0 Å². The van der Waals surface area contributed by atoms with Crippen LogP contribution in [0.1, 0.15) is 37.8 Å². The molecule has 1 atom stereocenters. The van der Waals surface area contributed by atoms with Crippen LogP contribution >= 0.6 is 0 Å². The van der Waals surface area contributed by atoms with E-state index in [1.807, 2.05) is 24.3 Å². The summed E-state index contributed by atoms with van der Waals surface area (Å²) in [6.45, 7) is 5.93. The zero-order valence-electron chi connectivity index (χ0n) is 10.2. The maximum absolute atomic E-state index is 11.7. The summed E-state index contributed by atoms with van der Waals surface area (Å²) < 4.78 is 0. The van der Waals surface area contributed by atoms with Crippen LogP contribution in [0.4, 0.5) is 4.79 Å². The third-order valence-electron chi connectivity index (χ3n) is 3.20. The second-order valence-corrected chi connectivity index (χ2v) is 4.81. The van der Waals surface area contributed by atoms with E-state index in [0.29, 0.717) is 5.92 Å². The Morgan fingerprint density at radius 3 is 2.12 bits per heavy atom. The van der Waals surface area contributed by atoms with Crippen LogP contribution in [0.3, 0.4) is 0 Å². The molecule has 1 aliphatic heterocycles. The van der Waals surface area contributed by atoms with Gasteiger partial charge < -0.3 is 5.32 Å². The molecule has 3 amide bonds. The van der Waals surface area contributed by atoms with Gasteiger partial charge in [0.1, 0.15) is 5.54 Å². The molecular weight excluding hydrogens is 216 g/mol. The molecule has 4 heteroatoms. The molecule has 0 unspecified atom stereocenters. The van der Waals surface area contributed by atoms with Gasteiger partial charge >= 0.3 is 6.03 Å². The summed E-state index contributed by atoms with van der Waals surface area (Å²) in [4.78, 5) is 22.9. The minimum Gasteiger partial charge on any atom is -0.320 e. The first-order chi connectivity index (χ1) is 7.93. The number of benzene rings is 1. The van der Waals surface area contributed by atoms with Crippen LogP contribution in [-0.4, -0.2) is 11.9 Å². The summed E-state index contributed by atoms with van der Waals surface area (Å²) in [5.74, 6) is 0.142. The van der Waals surface area contributed by atoms with Gasteiger partial charge in [-0.15, -0.1) is 0 Å². The second-order valence-electron chi connectivity index (χ2n) is 4.81. The van der Waals surface area contributed by atoms with Crippen LogP contribution in [0, 0.1) is 0 Å². The number of carbonyl (C=O) groups excluding carboxylic acids is 2. The SMILES string of the molecule is CC(C)c1ccc([C@@]2(C)NC(=O)NC2=O)cc1. The number of imide groups is 1. The molecule has 90 valence electrons. The minimum absolute atomic E-state index is 0.306. The van der Waals surface area contributed by atoms with Crippen LogP contribution in [0.2, 0.25) is 0 Å². The van der Waals surface area contributed by atoms with Crippen molar-refractivity contribution in [3.05, 3.63) is 35.4 Å². The number of urea groups is 1. The lowest BCUT2D eigenvalue weighted by Crippen LogP contribution is -2.40. The van der Waals surface area contributed by atoms with Gasteiger partial charge in [0.15, 0.2) is 0 Å². The highest BCUT2D eigenvalue weighted by atomic mass is 16.2. The van der Waals surface area contributed by atoms with E-state index in [1.54, 1.807) is 6.92 Å². The van der Waals surface area contributed by atoms with Crippen molar-refractivity contribution < 1.29 is 9.59 Å². The van der Waals surface area contributed by atoms with Crippen LogP contribution in [0.15, 0.2) is 24.3 Å². The van der Waals surface area contributed by atoms with E-state index >= 15 is 0 Å². The zero-order chi connectivity index (χ0) is 12.6. The monoisotopic (exact) mass is 232 g/mol. The van der Waals surface area contributed by atoms with Gasteiger partial charge in [0.2, 0.25) is 0 Å². The van der Waals surface area contributed by atoms with E-state index in [0.717, 1.165) is 5.56 Å². The summed E-state index contributed by atoms with van der Waals surface area (Å²) >= 11 is 0. The van der Waals surface area contributed by atoms with E-state index < -0.39 is 11.6 Å². The van der Waals surface area contributed by atoms with Crippen molar-refractivity contribution in [1.29, 1.82) is 0 Å². The van der Waals surface area contributed by atoms with E-state index in [2.05, 4.69) is 24.5 Å². The number of nitrogens with one attached hydrogen (secondary N) is 2. The largest absolute Gasteiger partial charge is 0.322 e. The molecule has 2 rings (SSSR count). The highest BCUT2D eigenvalue weighted by Gasteiger charge is 2.43. The maximum atomic E-state index is 11.7. The molecule has 0 radical (unpaired) electrons. The van der Waals surface area contributed by atoms with Gasteiger partial charge in [0.05, 0.1) is 0 Å². The molecule has 1 aromatic carbocycles. The van der Waals surface area contributed by atoms with Gasteiger partial charge in [0.25, 0.3) is 5.91 Å². The highest BCUT2D eigenvalue weighted by molar-refractivity contribution is 6.07. The molecule has 0 spiro atoms. The lowest BCUT2D eigenvalue weighted by Gasteiger charge is -2.21. The Morgan fingerprint density at radius 2 is 1.71 bits per heavy atom. The summed E-state index contributed by atoms with van der Waals surface area (Å²) in [7, 11) is 0. The molecule has 0 aliphatic carbocycles. The van der Waals surface area contributed by atoms with Crippen LogP contribution < -0.4 is 10.6 Å². The Kier molecular flexibility index (Phi) is 2.65. The Labute approximate surface area is 100 Å². The molecule has 4 nitrogen and oxygen atoms in total. The minimum atomic E-state index is -0.952. The standard InChI is InChI=1S/C13H16N2O2/c1-8(2)9-4-6-10(7-5-9)13(3)11(16)14-12(17)15-13/h4-8H,1-3H3,(H2,14,15,16,17)/t13-/m1/s1. The normalized spacial score (nSPS) is 23.8. The maximum Gasteiger partial charge on any atom is 0.322 e. The average Bonchev–Trinajstić information content (AvgIpc) is 2.54. The summed E-state index contributed by atoms with van der Waals surface area (Å²) in [5.41, 5.74) is 1.05. The molecule has 2 N–H and O–H groups in total. The predicted octanol–water partition coefficient (Wildman–Crippen LogP) is 1.86. The first-order valence-electron chi connectivity index (χ1n) is 5.67. The lowest BCUT2D eigenvalue weighted by atomic mass is 9.90. The second kappa shape index (κ2) is 3.87. The molecule has 0 saturated carbocycles. The predicted molar refractivity (Wildman–Crippen MR) is 64.6 cm³/mol. The van der Waals surface area contributed by atoms with Crippen LogP contribution in [0.5, 0.6) is 0 Å². The van der Waals surface area contributed by atoms with Gasteiger partial charge in [0, 0.05) is 0 Å². The average molecular weight is 232 g/mol. The van der Waals surface area contributed by atoms with E-state index in [1.165, 1.54) is 5.56 Å². The highest BCUT2D eigenvalue weighted by Crippen LogP contribution is 2.25. The Morgan fingerprint density at radius 1 is 1.12 bits per heavy atom. The van der Waals surface area contributed by atoms with E-state index in [-0.39, 0.29) is 5.91 Å². The van der Waals surface area contributed by atoms with E-state index in [9.17, 15) is 9.59 Å². The topological polar surface area (TPSA) is 58.2 Å². The number of amides is 3. The van der Waals surface area contributed by atoms with Crippen LogP contribution in [-0.2, 0) is 10.3 Å². The quantitative estimate of drug-likeness (QED) is 0.765. The van der Waals surface area contributed by atoms with Crippen molar-refractivity contribution in [2.24, 2.45) is 0 Å². The smallest absolute Gasteiger partial charge is 0.320 e. The summed E-state index contributed by atoms with van der Waals surface area (Å²) in [6, 6.07) is 7.32. The molecule has 17 heavy (non-hydrogen) atoms. The Bertz CT molecular complexity index is 465. The van der Waals surface area contributed by atoms with Gasteiger partial charge in [-0.25, -0.2) is 4.79 Å². The Balaban J connectivity index is 2.34. The fourth-order valence-electron chi connectivity index (χ4n) is 1.95. The first-order valence-corrected chi connectivity index (χ1v) is 5.67. The van der Waals surface area contributed by atoms with Crippen LogP contribution in [0.25, 0.3) is 0 Å². The fourth-order valence-corrected chi connectivity index (χ4v) is 1.95. The van der Waals surface area contributed by atoms with Crippen molar-refractivity contribution in [1.82, 2.24) is 10.6 Å². The number of hydrogen-bond donors (Lipinski definition) is 2. The zero-order valence-corrected chi connectivity index (χ0v) is 10.2. The van der Waals surface area contributed by atoms with Crippen molar-refractivity contribution in [2.45, 2.75) is 32.2 Å². The lowest BCUT2D eigenvalue weighted by molar-refractivity contribution is -0.123. The van der Waals surface area contributed by atoms with Gasteiger partial charge in [-0.05, 0) is 24.0 Å². The van der Waals surface area contributed by atoms with Gasteiger partial charge in [-0.3, -0.25) is 10.1 Å². The van der Waals surface area contributed by atoms with Crippen molar-refractivity contribution in [3.8, 4) is 0 Å².